The standard InChI is InChI=1S/C26H25F7N6O2/c1-12-15(23(40)37-19-10-38(9-18(19)28)24(41)13-2-4-25(29,30)5-3-13)6-14(7-17(12)27)20-8-16(26(31,32)33)21-22(34)35-11-36-39(20)21/h6-8,11,13,18-19H,2-5,9-10H2,1H3,(H,37,40)(H2,34,35,36)/t18-,19+/m0/s1. The van der Waals surface area contributed by atoms with E-state index in [-0.39, 0.29) is 48.3 Å². The zero-order valence-electron chi connectivity index (χ0n) is 21.6. The van der Waals surface area contributed by atoms with Crippen LogP contribution < -0.4 is 11.1 Å². The minimum Gasteiger partial charge on any atom is -0.382 e. The molecule has 0 unspecified atom stereocenters. The van der Waals surface area contributed by atoms with Crippen LogP contribution in [0.25, 0.3) is 16.8 Å². The summed E-state index contributed by atoms with van der Waals surface area (Å²) in [4.78, 5) is 30.8. The van der Waals surface area contributed by atoms with E-state index in [0.29, 0.717) is 6.07 Å². The number of halogens is 7. The van der Waals surface area contributed by atoms with Gasteiger partial charge in [0.15, 0.2) is 5.82 Å². The predicted octanol–water partition coefficient (Wildman–Crippen LogP) is 4.55. The van der Waals surface area contributed by atoms with Gasteiger partial charge in [0, 0.05) is 36.4 Å². The number of benzene rings is 1. The number of aromatic nitrogens is 3. The van der Waals surface area contributed by atoms with E-state index in [1.165, 1.54) is 11.8 Å². The summed E-state index contributed by atoms with van der Waals surface area (Å²) in [7, 11) is 0. The lowest BCUT2D eigenvalue weighted by Crippen LogP contribution is -2.43. The lowest BCUT2D eigenvalue weighted by Gasteiger charge is -2.30. The van der Waals surface area contributed by atoms with Gasteiger partial charge in [0.05, 0.1) is 23.8 Å². The fourth-order valence-corrected chi connectivity index (χ4v) is 5.42. The van der Waals surface area contributed by atoms with Crippen LogP contribution in [0.1, 0.15) is 47.2 Å². The van der Waals surface area contributed by atoms with Crippen molar-refractivity contribution in [3.63, 3.8) is 0 Å². The summed E-state index contributed by atoms with van der Waals surface area (Å²) in [6.07, 6.45) is -6.51. The number of rotatable bonds is 4. The number of nitrogen functional groups attached to an aromatic ring is 1. The topological polar surface area (TPSA) is 106 Å². The highest BCUT2D eigenvalue weighted by molar-refractivity contribution is 5.97. The van der Waals surface area contributed by atoms with E-state index >= 15 is 0 Å². The number of anilines is 1. The first-order valence-electron chi connectivity index (χ1n) is 12.8. The quantitative estimate of drug-likeness (QED) is 0.437. The van der Waals surface area contributed by atoms with E-state index in [0.717, 1.165) is 23.0 Å². The number of hydrogen-bond acceptors (Lipinski definition) is 5. The van der Waals surface area contributed by atoms with Crippen LogP contribution in [0.4, 0.5) is 36.6 Å². The summed E-state index contributed by atoms with van der Waals surface area (Å²) in [5.41, 5.74) is 3.22. The van der Waals surface area contributed by atoms with E-state index in [2.05, 4.69) is 15.4 Å². The summed E-state index contributed by atoms with van der Waals surface area (Å²) in [6.45, 7) is 0.720. The van der Waals surface area contributed by atoms with E-state index in [4.69, 9.17) is 5.73 Å². The SMILES string of the molecule is Cc1c(F)cc(-c2cc(C(F)(F)F)c3c(N)ncnn23)cc1C(=O)N[C@@H]1CN(C(=O)C2CCC(F)(F)CC2)C[C@@H]1F. The molecule has 15 heteroatoms. The van der Waals surface area contributed by atoms with Crippen molar-refractivity contribution < 1.29 is 40.3 Å². The molecule has 2 atom stereocenters. The molecule has 0 bridgehead atoms. The molecule has 2 aromatic heterocycles. The molecule has 2 fully saturated rings. The third kappa shape index (κ3) is 5.40. The molecule has 8 nitrogen and oxygen atoms in total. The molecular weight excluding hydrogens is 561 g/mol. The number of likely N-dealkylation sites (tertiary alicyclic amines) is 1. The largest absolute Gasteiger partial charge is 0.418 e. The van der Waals surface area contributed by atoms with Gasteiger partial charge in [0.2, 0.25) is 11.8 Å². The normalized spacial score (nSPS) is 21.4. The average molecular weight is 587 g/mol. The van der Waals surface area contributed by atoms with Gasteiger partial charge in [0.25, 0.3) is 5.91 Å². The molecule has 5 rings (SSSR count). The summed E-state index contributed by atoms with van der Waals surface area (Å²) in [5.74, 6) is -6.24. The maximum Gasteiger partial charge on any atom is 0.418 e. The fourth-order valence-electron chi connectivity index (χ4n) is 5.42. The van der Waals surface area contributed by atoms with Crippen molar-refractivity contribution in [2.24, 2.45) is 5.92 Å². The first-order valence-corrected chi connectivity index (χ1v) is 12.8. The maximum absolute atomic E-state index is 15.0. The van der Waals surface area contributed by atoms with E-state index in [1.54, 1.807) is 0 Å². The van der Waals surface area contributed by atoms with Crippen LogP contribution in [-0.4, -0.2) is 62.5 Å². The van der Waals surface area contributed by atoms with Crippen molar-refractivity contribution in [2.45, 2.75) is 56.9 Å². The average Bonchev–Trinajstić information content (AvgIpc) is 3.47. The monoisotopic (exact) mass is 586 g/mol. The van der Waals surface area contributed by atoms with Gasteiger partial charge in [-0.15, -0.1) is 0 Å². The number of carbonyl (C=O) groups is 2. The minimum absolute atomic E-state index is 0.0252. The first kappa shape index (κ1) is 28.6. The second-order valence-electron chi connectivity index (χ2n) is 10.4. The van der Waals surface area contributed by atoms with Gasteiger partial charge in [0.1, 0.15) is 23.8 Å². The Bertz CT molecular complexity index is 1510. The molecule has 3 heterocycles. The van der Waals surface area contributed by atoms with Crippen molar-refractivity contribution in [1.82, 2.24) is 24.8 Å². The first-order chi connectivity index (χ1) is 19.2. The molecule has 1 aliphatic heterocycles. The molecule has 1 saturated heterocycles. The second kappa shape index (κ2) is 10.2. The van der Waals surface area contributed by atoms with E-state index in [1.807, 2.05) is 0 Å². The molecule has 220 valence electrons. The second-order valence-corrected chi connectivity index (χ2v) is 10.4. The summed E-state index contributed by atoms with van der Waals surface area (Å²) < 4.78 is 98.8. The van der Waals surface area contributed by atoms with Crippen molar-refractivity contribution >= 4 is 23.1 Å². The number of hydrogen-bond donors (Lipinski definition) is 2. The fraction of sp³-hybridized carbons (Fsp3) is 0.462. The number of amides is 2. The molecule has 1 saturated carbocycles. The zero-order valence-corrected chi connectivity index (χ0v) is 21.6. The van der Waals surface area contributed by atoms with Crippen molar-refractivity contribution in [2.75, 3.05) is 18.8 Å². The number of fused-ring (bicyclic) bond motifs is 1. The molecule has 3 N–H and O–H groups in total. The number of nitrogens with two attached hydrogens (primary N) is 1. The van der Waals surface area contributed by atoms with Crippen LogP contribution in [0.3, 0.4) is 0 Å². The Morgan fingerprint density at radius 2 is 1.80 bits per heavy atom. The highest BCUT2D eigenvalue weighted by Crippen LogP contribution is 2.40. The van der Waals surface area contributed by atoms with Crippen LogP contribution in [0.15, 0.2) is 24.5 Å². The van der Waals surface area contributed by atoms with Crippen LogP contribution in [0.5, 0.6) is 0 Å². The zero-order chi connectivity index (χ0) is 29.9. The predicted molar refractivity (Wildman–Crippen MR) is 132 cm³/mol. The summed E-state index contributed by atoms with van der Waals surface area (Å²) in [6, 6.07) is 1.64. The van der Waals surface area contributed by atoms with Gasteiger partial charge in [-0.2, -0.15) is 18.3 Å². The molecule has 0 radical (unpaired) electrons. The van der Waals surface area contributed by atoms with Crippen LogP contribution >= 0.6 is 0 Å². The Balaban J connectivity index is 1.39. The molecule has 2 amide bonds. The van der Waals surface area contributed by atoms with Crippen molar-refractivity contribution in [3.8, 4) is 11.3 Å². The lowest BCUT2D eigenvalue weighted by molar-refractivity contribution is -0.139. The molecule has 0 spiro atoms. The molecule has 2 aliphatic rings. The Morgan fingerprint density at radius 1 is 1.12 bits per heavy atom. The lowest BCUT2D eigenvalue weighted by atomic mass is 9.86. The van der Waals surface area contributed by atoms with Gasteiger partial charge in [-0.3, -0.25) is 9.59 Å². The molecule has 1 aliphatic carbocycles. The molecule has 3 aromatic rings. The molecular formula is C26H25F7N6O2. The Morgan fingerprint density at radius 3 is 2.46 bits per heavy atom. The van der Waals surface area contributed by atoms with Gasteiger partial charge >= 0.3 is 6.18 Å². The van der Waals surface area contributed by atoms with Gasteiger partial charge in [-0.05, 0) is 43.5 Å². The maximum atomic E-state index is 15.0. The minimum atomic E-state index is -4.84. The van der Waals surface area contributed by atoms with Crippen LogP contribution in [0, 0.1) is 18.7 Å². The number of nitrogens with one attached hydrogen (secondary N) is 1. The Labute approximate surface area is 228 Å². The van der Waals surface area contributed by atoms with Crippen molar-refractivity contribution in [3.05, 3.63) is 47.0 Å². The third-order valence-electron chi connectivity index (χ3n) is 7.72. The van der Waals surface area contributed by atoms with Gasteiger partial charge in [-0.1, -0.05) is 0 Å². The van der Waals surface area contributed by atoms with Crippen LogP contribution in [-0.2, 0) is 11.0 Å². The third-order valence-corrected chi connectivity index (χ3v) is 7.72. The number of carbonyl (C=O) groups excluding carboxylic acids is 2. The molecule has 1 aromatic carbocycles. The van der Waals surface area contributed by atoms with E-state index in [9.17, 15) is 40.3 Å². The molecule has 41 heavy (non-hydrogen) atoms. The highest BCUT2D eigenvalue weighted by atomic mass is 19.4. The van der Waals surface area contributed by atoms with Crippen LogP contribution in [0.2, 0.25) is 0 Å². The Kier molecular flexibility index (Phi) is 7.10. The summed E-state index contributed by atoms with van der Waals surface area (Å²) >= 11 is 0. The highest BCUT2D eigenvalue weighted by Gasteiger charge is 2.43. The summed E-state index contributed by atoms with van der Waals surface area (Å²) in [5, 5.41) is 6.26. The van der Waals surface area contributed by atoms with Gasteiger partial charge in [-0.25, -0.2) is 27.1 Å². The number of nitrogens with zero attached hydrogens (tertiary/aromatic N) is 4. The van der Waals surface area contributed by atoms with E-state index < -0.39 is 77.6 Å². The smallest absolute Gasteiger partial charge is 0.382 e. The number of alkyl halides is 6. The van der Waals surface area contributed by atoms with Crippen molar-refractivity contribution in [1.29, 1.82) is 0 Å². The Hall–Kier alpha value is -3.91. The van der Waals surface area contributed by atoms with Gasteiger partial charge < -0.3 is 16.0 Å².